The fourth-order valence-corrected chi connectivity index (χ4v) is 4.09. The predicted octanol–water partition coefficient (Wildman–Crippen LogP) is 1.99. The first kappa shape index (κ1) is 20.7. The molecular weight excluding hydrogens is 378 g/mol. The van der Waals surface area contributed by atoms with E-state index >= 15 is 0 Å². The molecule has 0 spiro atoms. The van der Waals surface area contributed by atoms with E-state index in [0.29, 0.717) is 25.2 Å². The summed E-state index contributed by atoms with van der Waals surface area (Å²) < 4.78 is 7.25. The zero-order valence-electron chi connectivity index (χ0n) is 18.4. The number of hydrogen-bond donors (Lipinski definition) is 2. The summed E-state index contributed by atoms with van der Waals surface area (Å²) in [5.74, 6) is 3.48. The van der Waals surface area contributed by atoms with Crippen molar-refractivity contribution in [3.8, 4) is 5.75 Å². The van der Waals surface area contributed by atoms with Gasteiger partial charge in [0.15, 0.2) is 11.8 Å². The average molecular weight is 412 g/mol. The molecular formula is C22H33N7O. The summed E-state index contributed by atoms with van der Waals surface area (Å²) in [7, 11) is 3.67. The van der Waals surface area contributed by atoms with Crippen molar-refractivity contribution in [2.24, 2.45) is 12.0 Å². The van der Waals surface area contributed by atoms with Crippen LogP contribution in [0.1, 0.15) is 43.4 Å². The van der Waals surface area contributed by atoms with E-state index in [1.54, 1.807) is 7.11 Å². The van der Waals surface area contributed by atoms with Crippen LogP contribution in [0.15, 0.2) is 29.3 Å². The quantitative estimate of drug-likeness (QED) is 0.536. The van der Waals surface area contributed by atoms with Crippen LogP contribution in [0.4, 0.5) is 0 Å². The number of aryl methyl sites for hydroxylation is 1. The van der Waals surface area contributed by atoms with Crippen LogP contribution in [-0.4, -0.2) is 57.4 Å². The molecule has 1 aliphatic heterocycles. The van der Waals surface area contributed by atoms with Gasteiger partial charge in [0, 0.05) is 31.7 Å². The summed E-state index contributed by atoms with van der Waals surface area (Å²) in [6, 6.07) is 9.88. The van der Waals surface area contributed by atoms with Crippen LogP contribution in [0, 0.1) is 6.92 Å². The summed E-state index contributed by atoms with van der Waals surface area (Å²) in [6.45, 7) is 6.56. The predicted molar refractivity (Wildman–Crippen MR) is 117 cm³/mol. The third-order valence-electron chi connectivity index (χ3n) is 6.16. The largest absolute Gasteiger partial charge is 0.497 e. The summed E-state index contributed by atoms with van der Waals surface area (Å²) in [5, 5.41) is 15.5. The summed E-state index contributed by atoms with van der Waals surface area (Å²) in [5.41, 5.74) is 1.14. The number of likely N-dealkylation sites (tertiary alicyclic amines) is 1. The van der Waals surface area contributed by atoms with E-state index in [1.165, 1.54) is 12.8 Å². The van der Waals surface area contributed by atoms with E-state index in [1.807, 2.05) is 30.7 Å². The zero-order valence-corrected chi connectivity index (χ0v) is 18.4. The van der Waals surface area contributed by atoms with E-state index in [-0.39, 0.29) is 0 Å². The Labute approximate surface area is 178 Å². The Balaban J connectivity index is 1.42. The second kappa shape index (κ2) is 9.04. The van der Waals surface area contributed by atoms with Gasteiger partial charge in [0.1, 0.15) is 11.6 Å². The second-order valence-corrected chi connectivity index (χ2v) is 8.44. The molecule has 1 saturated heterocycles. The Morgan fingerprint density at radius 3 is 2.63 bits per heavy atom. The standard InChI is InChI=1S/C22H33N7O/c1-15-11-18(14-29(15)19-7-8-19)25-22(24-13-21-27-26-16(2)28(21)3)23-12-17-5-9-20(30-4)10-6-17/h5-6,9-10,15,18-19H,7-8,11-14H2,1-4H3,(H2,23,24,25). The molecule has 2 aromatic rings. The number of aliphatic imine (C=N–C) groups is 1. The van der Waals surface area contributed by atoms with Gasteiger partial charge in [-0.05, 0) is 50.8 Å². The number of aromatic nitrogens is 3. The number of nitrogens with one attached hydrogen (secondary N) is 2. The van der Waals surface area contributed by atoms with Crippen LogP contribution in [-0.2, 0) is 20.1 Å². The molecule has 2 heterocycles. The van der Waals surface area contributed by atoms with E-state index in [4.69, 9.17) is 9.73 Å². The highest BCUT2D eigenvalue weighted by Gasteiger charge is 2.38. The normalized spacial score (nSPS) is 22.3. The van der Waals surface area contributed by atoms with Gasteiger partial charge in [0.25, 0.3) is 0 Å². The second-order valence-electron chi connectivity index (χ2n) is 8.44. The highest BCUT2D eigenvalue weighted by atomic mass is 16.5. The van der Waals surface area contributed by atoms with E-state index in [9.17, 15) is 0 Å². The number of nitrogens with zero attached hydrogens (tertiary/aromatic N) is 5. The summed E-state index contributed by atoms with van der Waals surface area (Å²) in [4.78, 5) is 7.50. The monoisotopic (exact) mass is 411 g/mol. The number of rotatable bonds is 7. The lowest BCUT2D eigenvalue weighted by atomic mass is 10.2. The maximum Gasteiger partial charge on any atom is 0.192 e. The Hall–Kier alpha value is -2.61. The van der Waals surface area contributed by atoms with Gasteiger partial charge in [-0.25, -0.2) is 4.99 Å². The van der Waals surface area contributed by atoms with Gasteiger partial charge in [-0.3, -0.25) is 4.90 Å². The molecule has 2 aliphatic rings. The van der Waals surface area contributed by atoms with Crippen molar-refractivity contribution in [3.05, 3.63) is 41.5 Å². The molecule has 1 aromatic carbocycles. The fraction of sp³-hybridized carbons (Fsp3) is 0.591. The SMILES string of the molecule is COc1ccc(CN=C(NCc2nnc(C)n2C)NC2CC(C)N(C3CC3)C2)cc1. The summed E-state index contributed by atoms with van der Waals surface area (Å²) >= 11 is 0. The highest BCUT2D eigenvalue weighted by molar-refractivity contribution is 5.80. The van der Waals surface area contributed by atoms with Crippen molar-refractivity contribution in [3.63, 3.8) is 0 Å². The molecule has 1 saturated carbocycles. The number of benzene rings is 1. The molecule has 2 atom stereocenters. The zero-order chi connectivity index (χ0) is 21.1. The third-order valence-corrected chi connectivity index (χ3v) is 6.16. The van der Waals surface area contributed by atoms with Gasteiger partial charge >= 0.3 is 0 Å². The number of hydrogen-bond acceptors (Lipinski definition) is 5. The van der Waals surface area contributed by atoms with Crippen molar-refractivity contribution in [1.29, 1.82) is 0 Å². The topological polar surface area (TPSA) is 79.6 Å². The first-order valence-electron chi connectivity index (χ1n) is 10.8. The first-order valence-corrected chi connectivity index (χ1v) is 10.8. The van der Waals surface area contributed by atoms with Gasteiger partial charge in [0.2, 0.25) is 0 Å². The van der Waals surface area contributed by atoms with E-state index in [0.717, 1.165) is 47.9 Å². The van der Waals surface area contributed by atoms with Crippen LogP contribution < -0.4 is 15.4 Å². The van der Waals surface area contributed by atoms with E-state index in [2.05, 4.69) is 44.8 Å². The molecule has 8 heteroatoms. The molecule has 2 unspecified atom stereocenters. The highest BCUT2D eigenvalue weighted by Crippen LogP contribution is 2.33. The molecule has 2 fully saturated rings. The molecule has 4 rings (SSSR count). The smallest absolute Gasteiger partial charge is 0.192 e. The molecule has 8 nitrogen and oxygen atoms in total. The maximum atomic E-state index is 5.25. The Morgan fingerprint density at radius 2 is 2.00 bits per heavy atom. The van der Waals surface area contributed by atoms with Crippen molar-refractivity contribution in [2.75, 3.05) is 13.7 Å². The van der Waals surface area contributed by atoms with Crippen LogP contribution in [0.5, 0.6) is 5.75 Å². The number of methoxy groups -OCH3 is 1. The van der Waals surface area contributed by atoms with Gasteiger partial charge in [-0.15, -0.1) is 10.2 Å². The maximum absolute atomic E-state index is 5.25. The van der Waals surface area contributed by atoms with Gasteiger partial charge in [0.05, 0.1) is 20.2 Å². The molecule has 0 bridgehead atoms. The first-order chi connectivity index (χ1) is 14.5. The third kappa shape index (κ3) is 4.92. The van der Waals surface area contributed by atoms with Crippen LogP contribution in [0.25, 0.3) is 0 Å². The van der Waals surface area contributed by atoms with Crippen LogP contribution in [0.2, 0.25) is 0 Å². The number of ether oxygens (including phenoxy) is 1. The minimum absolute atomic E-state index is 0.406. The lowest BCUT2D eigenvalue weighted by Crippen LogP contribution is -2.44. The molecule has 162 valence electrons. The Morgan fingerprint density at radius 1 is 1.23 bits per heavy atom. The minimum atomic E-state index is 0.406. The molecule has 1 aromatic heterocycles. The molecule has 2 N–H and O–H groups in total. The molecule has 1 aliphatic carbocycles. The van der Waals surface area contributed by atoms with Gasteiger partial charge < -0.3 is 19.9 Å². The molecule has 0 amide bonds. The molecule has 0 radical (unpaired) electrons. The molecule has 30 heavy (non-hydrogen) atoms. The Bertz CT molecular complexity index is 872. The van der Waals surface area contributed by atoms with Crippen molar-refractivity contribution < 1.29 is 4.74 Å². The number of guanidine groups is 1. The van der Waals surface area contributed by atoms with Crippen molar-refractivity contribution in [2.45, 2.75) is 64.3 Å². The van der Waals surface area contributed by atoms with Crippen LogP contribution >= 0.6 is 0 Å². The van der Waals surface area contributed by atoms with Gasteiger partial charge in [-0.1, -0.05) is 12.1 Å². The van der Waals surface area contributed by atoms with Crippen molar-refractivity contribution >= 4 is 5.96 Å². The minimum Gasteiger partial charge on any atom is -0.497 e. The lowest BCUT2D eigenvalue weighted by molar-refractivity contribution is 0.256. The van der Waals surface area contributed by atoms with Crippen molar-refractivity contribution in [1.82, 2.24) is 30.3 Å². The average Bonchev–Trinajstić information content (AvgIpc) is 3.46. The van der Waals surface area contributed by atoms with Crippen LogP contribution in [0.3, 0.4) is 0 Å². The Kier molecular flexibility index (Phi) is 6.22. The lowest BCUT2D eigenvalue weighted by Gasteiger charge is -2.20. The summed E-state index contributed by atoms with van der Waals surface area (Å²) in [6.07, 6.45) is 3.83. The fourth-order valence-electron chi connectivity index (χ4n) is 4.09. The van der Waals surface area contributed by atoms with E-state index < -0.39 is 0 Å². The van der Waals surface area contributed by atoms with Gasteiger partial charge in [-0.2, -0.15) is 0 Å².